The predicted molar refractivity (Wildman–Crippen MR) is 94.8 cm³/mol. The van der Waals surface area contributed by atoms with Gasteiger partial charge >= 0.3 is 0 Å². The SMILES string of the molecule is Cc1ncn(CC(=O)NC2CCN(C3CC(C)NN3)CC2)c(=O)c1C. The minimum atomic E-state index is -0.147. The van der Waals surface area contributed by atoms with Crippen molar-refractivity contribution < 1.29 is 4.79 Å². The van der Waals surface area contributed by atoms with Gasteiger partial charge in [-0.25, -0.2) is 10.4 Å². The van der Waals surface area contributed by atoms with Crippen molar-refractivity contribution in [2.75, 3.05) is 13.1 Å². The number of hydrogen-bond acceptors (Lipinski definition) is 6. The summed E-state index contributed by atoms with van der Waals surface area (Å²) in [5.74, 6) is -0.125. The molecule has 3 heterocycles. The van der Waals surface area contributed by atoms with E-state index in [9.17, 15) is 9.59 Å². The van der Waals surface area contributed by atoms with E-state index in [-0.39, 0.29) is 24.1 Å². The van der Waals surface area contributed by atoms with E-state index in [4.69, 9.17) is 0 Å². The lowest BCUT2D eigenvalue weighted by Gasteiger charge is -2.35. The van der Waals surface area contributed by atoms with Gasteiger partial charge in [-0.1, -0.05) is 0 Å². The molecule has 0 spiro atoms. The van der Waals surface area contributed by atoms with Gasteiger partial charge in [-0.2, -0.15) is 0 Å². The van der Waals surface area contributed by atoms with E-state index in [0.717, 1.165) is 32.4 Å². The number of carbonyl (C=O) groups is 1. The van der Waals surface area contributed by atoms with Crippen LogP contribution >= 0.6 is 0 Å². The van der Waals surface area contributed by atoms with Crippen molar-refractivity contribution in [3.05, 3.63) is 27.9 Å². The molecule has 2 aliphatic rings. The first-order valence-electron chi connectivity index (χ1n) is 9.01. The summed E-state index contributed by atoms with van der Waals surface area (Å²) in [4.78, 5) is 31.0. The molecular weight excluding hydrogens is 320 g/mol. The average molecular weight is 348 g/mol. The number of hydrazine groups is 1. The summed E-state index contributed by atoms with van der Waals surface area (Å²) in [6, 6.07) is 0.665. The molecule has 8 nitrogen and oxygen atoms in total. The maximum Gasteiger partial charge on any atom is 0.256 e. The lowest BCUT2D eigenvalue weighted by Crippen LogP contribution is -2.52. The molecule has 1 aromatic rings. The summed E-state index contributed by atoms with van der Waals surface area (Å²) in [6.07, 6.45) is 4.79. The van der Waals surface area contributed by atoms with Crippen LogP contribution in [0.4, 0.5) is 0 Å². The fourth-order valence-electron chi connectivity index (χ4n) is 3.50. The molecule has 2 atom stereocenters. The maximum atomic E-state index is 12.3. The third-order valence-corrected chi connectivity index (χ3v) is 5.24. The molecule has 2 saturated heterocycles. The summed E-state index contributed by atoms with van der Waals surface area (Å²) in [5.41, 5.74) is 7.73. The molecule has 1 aromatic heterocycles. The van der Waals surface area contributed by atoms with Gasteiger partial charge in [0.15, 0.2) is 0 Å². The Hall–Kier alpha value is -1.77. The molecule has 1 amide bonds. The molecule has 2 unspecified atom stereocenters. The number of amides is 1. The quantitative estimate of drug-likeness (QED) is 0.689. The van der Waals surface area contributed by atoms with Crippen molar-refractivity contribution in [2.24, 2.45) is 0 Å². The zero-order valence-electron chi connectivity index (χ0n) is 15.2. The Morgan fingerprint density at radius 1 is 1.32 bits per heavy atom. The first kappa shape index (κ1) is 18.0. The van der Waals surface area contributed by atoms with Crippen LogP contribution in [0.1, 0.15) is 37.4 Å². The summed E-state index contributed by atoms with van der Waals surface area (Å²) in [7, 11) is 0. The Balaban J connectivity index is 1.48. The second-order valence-corrected chi connectivity index (χ2v) is 7.21. The standard InChI is InChI=1S/C17H28N6O2/c1-11-8-15(21-20-11)22-6-4-14(5-7-22)19-16(24)9-23-10-18-13(3)12(2)17(23)25/h10-11,14-15,20-21H,4-9H2,1-3H3,(H,19,24). The van der Waals surface area contributed by atoms with Gasteiger partial charge in [-0.05, 0) is 40.0 Å². The molecule has 0 bridgehead atoms. The first-order valence-corrected chi connectivity index (χ1v) is 9.01. The van der Waals surface area contributed by atoms with Gasteiger partial charge in [0, 0.05) is 36.4 Å². The number of aromatic nitrogens is 2. The van der Waals surface area contributed by atoms with Crippen LogP contribution in [0.5, 0.6) is 0 Å². The molecule has 0 saturated carbocycles. The van der Waals surface area contributed by atoms with Crippen LogP contribution in [0.15, 0.2) is 11.1 Å². The Bertz CT molecular complexity index is 680. The second-order valence-electron chi connectivity index (χ2n) is 7.21. The van der Waals surface area contributed by atoms with Gasteiger partial charge in [0.05, 0.1) is 12.5 Å². The number of carbonyl (C=O) groups excluding carboxylic acids is 1. The molecule has 25 heavy (non-hydrogen) atoms. The highest BCUT2D eigenvalue weighted by molar-refractivity contribution is 5.76. The zero-order chi connectivity index (χ0) is 18.0. The van der Waals surface area contributed by atoms with Gasteiger partial charge in [0.1, 0.15) is 6.54 Å². The molecule has 2 aliphatic heterocycles. The van der Waals surface area contributed by atoms with Crippen LogP contribution in [0.25, 0.3) is 0 Å². The Labute approximate surface area is 148 Å². The van der Waals surface area contributed by atoms with E-state index >= 15 is 0 Å². The minimum absolute atomic E-state index is 0.0266. The lowest BCUT2D eigenvalue weighted by atomic mass is 10.0. The molecule has 0 aliphatic carbocycles. The Morgan fingerprint density at radius 3 is 2.68 bits per heavy atom. The smallest absolute Gasteiger partial charge is 0.256 e. The minimum Gasteiger partial charge on any atom is -0.352 e. The average Bonchev–Trinajstić information content (AvgIpc) is 3.02. The molecule has 0 radical (unpaired) electrons. The van der Waals surface area contributed by atoms with Crippen molar-refractivity contribution in [3.8, 4) is 0 Å². The van der Waals surface area contributed by atoms with Crippen molar-refractivity contribution in [2.45, 2.75) is 64.8 Å². The van der Waals surface area contributed by atoms with Gasteiger partial charge in [0.2, 0.25) is 5.91 Å². The summed E-state index contributed by atoms with van der Waals surface area (Å²) >= 11 is 0. The van der Waals surface area contributed by atoms with Gasteiger partial charge in [0.25, 0.3) is 5.56 Å². The van der Waals surface area contributed by atoms with Gasteiger partial charge in [-0.3, -0.25) is 24.5 Å². The van der Waals surface area contributed by atoms with Crippen LogP contribution in [0, 0.1) is 13.8 Å². The van der Waals surface area contributed by atoms with Crippen LogP contribution in [-0.4, -0.2) is 51.7 Å². The number of nitrogens with one attached hydrogen (secondary N) is 3. The zero-order valence-corrected chi connectivity index (χ0v) is 15.2. The summed E-state index contributed by atoms with van der Waals surface area (Å²) in [5, 5.41) is 3.06. The van der Waals surface area contributed by atoms with Crippen molar-refractivity contribution in [1.29, 1.82) is 0 Å². The van der Waals surface area contributed by atoms with E-state index in [0.29, 0.717) is 23.5 Å². The number of likely N-dealkylation sites (tertiary alicyclic amines) is 1. The lowest BCUT2D eigenvalue weighted by molar-refractivity contribution is -0.122. The summed E-state index contributed by atoms with van der Waals surface area (Å²) < 4.78 is 1.38. The van der Waals surface area contributed by atoms with Gasteiger partial charge in [-0.15, -0.1) is 0 Å². The van der Waals surface area contributed by atoms with Crippen LogP contribution in [-0.2, 0) is 11.3 Å². The summed E-state index contributed by atoms with van der Waals surface area (Å²) in [6.45, 7) is 7.65. The normalized spacial score (nSPS) is 25.2. The third kappa shape index (κ3) is 4.26. The number of aryl methyl sites for hydroxylation is 1. The highest BCUT2D eigenvalue weighted by Crippen LogP contribution is 2.16. The Kier molecular flexibility index (Phi) is 5.51. The molecule has 2 fully saturated rings. The second kappa shape index (κ2) is 7.63. The fraction of sp³-hybridized carbons (Fsp3) is 0.706. The highest BCUT2D eigenvalue weighted by Gasteiger charge is 2.29. The molecule has 3 rings (SSSR count). The molecule has 0 aromatic carbocycles. The number of nitrogens with zero attached hydrogens (tertiary/aromatic N) is 3. The third-order valence-electron chi connectivity index (χ3n) is 5.24. The van der Waals surface area contributed by atoms with E-state index in [1.54, 1.807) is 13.8 Å². The number of rotatable bonds is 4. The number of piperidine rings is 1. The molecule has 8 heteroatoms. The first-order chi connectivity index (χ1) is 11.9. The van der Waals surface area contributed by atoms with Gasteiger partial charge < -0.3 is 5.32 Å². The fourth-order valence-corrected chi connectivity index (χ4v) is 3.50. The highest BCUT2D eigenvalue weighted by atomic mass is 16.2. The van der Waals surface area contributed by atoms with Crippen LogP contribution in [0.2, 0.25) is 0 Å². The topological polar surface area (TPSA) is 91.3 Å². The van der Waals surface area contributed by atoms with E-state index in [1.807, 2.05) is 0 Å². The van der Waals surface area contributed by atoms with Crippen molar-refractivity contribution in [1.82, 2.24) is 30.6 Å². The monoisotopic (exact) mass is 348 g/mol. The van der Waals surface area contributed by atoms with Crippen molar-refractivity contribution in [3.63, 3.8) is 0 Å². The molecule has 3 N–H and O–H groups in total. The molecular formula is C17H28N6O2. The van der Waals surface area contributed by atoms with Crippen molar-refractivity contribution >= 4 is 5.91 Å². The maximum absolute atomic E-state index is 12.3. The molecule has 138 valence electrons. The van der Waals surface area contributed by atoms with E-state index in [2.05, 4.69) is 33.0 Å². The van der Waals surface area contributed by atoms with Crippen LogP contribution in [0.3, 0.4) is 0 Å². The Morgan fingerprint density at radius 2 is 2.04 bits per heavy atom. The van der Waals surface area contributed by atoms with E-state index in [1.165, 1.54) is 10.9 Å². The predicted octanol–water partition coefficient (Wildman–Crippen LogP) is -0.347. The van der Waals surface area contributed by atoms with E-state index < -0.39 is 0 Å². The number of hydrogen-bond donors (Lipinski definition) is 3. The van der Waals surface area contributed by atoms with Crippen LogP contribution < -0.4 is 21.7 Å². The largest absolute Gasteiger partial charge is 0.352 e.